The second-order valence-electron chi connectivity index (χ2n) is 4.71. The monoisotopic (exact) mass is 292 g/mol. The van der Waals surface area contributed by atoms with E-state index in [2.05, 4.69) is 5.32 Å². The first kappa shape index (κ1) is 15.1. The van der Waals surface area contributed by atoms with Crippen LogP contribution in [0.4, 0.5) is 4.79 Å². The summed E-state index contributed by atoms with van der Waals surface area (Å²) < 4.78 is 0. The van der Waals surface area contributed by atoms with E-state index in [9.17, 15) is 19.5 Å². The van der Waals surface area contributed by atoms with Gasteiger partial charge < -0.3 is 10.2 Å². The van der Waals surface area contributed by atoms with E-state index >= 15 is 0 Å². The van der Waals surface area contributed by atoms with Gasteiger partial charge in [-0.3, -0.25) is 14.9 Å². The quantitative estimate of drug-likeness (QED) is 0.662. The number of imide groups is 2. The fraction of sp³-hybridized carbons (Fsp3) is 0.357. The third-order valence-electron chi connectivity index (χ3n) is 3.62. The molecular weight excluding hydrogens is 276 g/mol. The zero-order chi connectivity index (χ0) is 15.6. The zero-order valence-electron chi connectivity index (χ0n) is 11.4. The normalized spacial score (nSPS) is 23.1. The van der Waals surface area contributed by atoms with Gasteiger partial charge in [0.1, 0.15) is 0 Å². The Kier molecular flexibility index (Phi) is 4.06. The van der Waals surface area contributed by atoms with E-state index in [0.29, 0.717) is 10.5 Å². The molecule has 1 saturated heterocycles. The third kappa shape index (κ3) is 2.20. The first-order chi connectivity index (χ1) is 9.98. The van der Waals surface area contributed by atoms with E-state index in [1.807, 2.05) is 0 Å². The summed E-state index contributed by atoms with van der Waals surface area (Å²) in [5, 5.41) is 20.6. The molecular formula is C14H16N2O5. The lowest BCUT2D eigenvalue weighted by atomic mass is 9.85. The molecule has 4 amide bonds. The smallest absolute Gasteiger partial charge is 0.332 e. The van der Waals surface area contributed by atoms with Crippen molar-refractivity contribution in [2.45, 2.75) is 25.0 Å². The van der Waals surface area contributed by atoms with Gasteiger partial charge in [-0.15, -0.1) is 0 Å². The fourth-order valence-electron chi connectivity index (χ4n) is 2.54. The van der Waals surface area contributed by atoms with Crippen LogP contribution in [-0.4, -0.2) is 45.7 Å². The average Bonchev–Trinajstić information content (AvgIpc) is 2.77. The largest absolute Gasteiger partial charge is 0.393 e. The minimum atomic E-state index is -1.75. The maximum atomic E-state index is 12.3. The van der Waals surface area contributed by atoms with Gasteiger partial charge in [-0.1, -0.05) is 37.3 Å². The van der Waals surface area contributed by atoms with Crippen molar-refractivity contribution in [3.8, 4) is 0 Å². The zero-order valence-corrected chi connectivity index (χ0v) is 11.4. The van der Waals surface area contributed by atoms with E-state index in [0.717, 1.165) is 0 Å². The van der Waals surface area contributed by atoms with Crippen LogP contribution in [0.5, 0.6) is 0 Å². The molecule has 2 unspecified atom stereocenters. The van der Waals surface area contributed by atoms with Crippen LogP contribution in [0, 0.1) is 0 Å². The minimum absolute atomic E-state index is 0.151. The number of amides is 4. The van der Waals surface area contributed by atoms with Crippen LogP contribution in [0.3, 0.4) is 0 Å². The minimum Gasteiger partial charge on any atom is -0.393 e. The van der Waals surface area contributed by atoms with Gasteiger partial charge in [-0.2, -0.15) is 0 Å². The van der Waals surface area contributed by atoms with E-state index in [4.69, 9.17) is 5.11 Å². The molecule has 0 aliphatic carbocycles. The third-order valence-corrected chi connectivity index (χ3v) is 3.62. The van der Waals surface area contributed by atoms with Crippen molar-refractivity contribution in [3.05, 3.63) is 35.9 Å². The Morgan fingerprint density at radius 1 is 1.33 bits per heavy atom. The second kappa shape index (κ2) is 5.63. The van der Waals surface area contributed by atoms with Gasteiger partial charge in [0.2, 0.25) is 0 Å². The number of rotatable bonds is 4. The Morgan fingerprint density at radius 2 is 1.95 bits per heavy atom. The molecule has 1 aliphatic rings. The first-order valence-electron chi connectivity index (χ1n) is 6.53. The summed E-state index contributed by atoms with van der Waals surface area (Å²) in [4.78, 5) is 37.2. The molecule has 0 radical (unpaired) electrons. The van der Waals surface area contributed by atoms with Crippen molar-refractivity contribution in [1.82, 2.24) is 10.2 Å². The standard InChI is InChI=1S/C14H16N2O5/c1-2-14(9-6-4-3-5-7-9)12(20)15-13(21)16(14)11(19)10(18)8-17/h3-7,10,17-18H,2,8H2,1H3,(H,15,20,21). The summed E-state index contributed by atoms with van der Waals surface area (Å²) in [6.45, 7) is 0.835. The lowest BCUT2D eigenvalue weighted by Gasteiger charge is -2.34. The first-order valence-corrected chi connectivity index (χ1v) is 6.53. The highest BCUT2D eigenvalue weighted by Crippen LogP contribution is 2.36. The molecule has 1 aromatic rings. The number of carbonyl (C=O) groups excluding carboxylic acids is 3. The molecule has 2 atom stereocenters. The molecule has 0 bridgehead atoms. The Bertz CT molecular complexity index is 574. The van der Waals surface area contributed by atoms with Crippen molar-refractivity contribution in [1.29, 1.82) is 0 Å². The predicted molar refractivity (Wildman–Crippen MR) is 71.9 cm³/mol. The number of carbonyl (C=O) groups is 3. The van der Waals surface area contributed by atoms with E-state index in [1.54, 1.807) is 37.3 Å². The summed E-state index contributed by atoms with van der Waals surface area (Å²) >= 11 is 0. The Hall–Kier alpha value is -2.25. The molecule has 1 aromatic carbocycles. The highest BCUT2D eigenvalue weighted by atomic mass is 16.3. The number of benzene rings is 1. The van der Waals surface area contributed by atoms with Crippen molar-refractivity contribution >= 4 is 17.8 Å². The summed E-state index contributed by atoms with van der Waals surface area (Å²) in [5.41, 5.74) is -1.04. The second-order valence-corrected chi connectivity index (χ2v) is 4.71. The lowest BCUT2D eigenvalue weighted by Crippen LogP contribution is -2.53. The van der Waals surface area contributed by atoms with Crippen molar-refractivity contribution in [2.24, 2.45) is 0 Å². The lowest BCUT2D eigenvalue weighted by molar-refractivity contribution is -0.147. The summed E-state index contributed by atoms with van der Waals surface area (Å²) in [7, 11) is 0. The fourth-order valence-corrected chi connectivity index (χ4v) is 2.54. The van der Waals surface area contributed by atoms with Crippen LogP contribution in [0.25, 0.3) is 0 Å². The predicted octanol–water partition coefficient (Wildman–Crippen LogP) is -0.277. The molecule has 2 rings (SSSR count). The van der Waals surface area contributed by atoms with Crippen molar-refractivity contribution in [3.63, 3.8) is 0 Å². The molecule has 1 heterocycles. The molecule has 112 valence electrons. The maximum Gasteiger partial charge on any atom is 0.332 e. The van der Waals surface area contributed by atoms with Gasteiger partial charge >= 0.3 is 6.03 Å². The Labute approximate surface area is 121 Å². The van der Waals surface area contributed by atoms with Crippen LogP contribution in [0.15, 0.2) is 30.3 Å². The van der Waals surface area contributed by atoms with Crippen LogP contribution in [0.2, 0.25) is 0 Å². The van der Waals surface area contributed by atoms with Crippen LogP contribution >= 0.6 is 0 Å². The van der Waals surface area contributed by atoms with Gasteiger partial charge in [-0.25, -0.2) is 9.69 Å². The average molecular weight is 292 g/mol. The number of aliphatic hydroxyl groups is 2. The molecule has 0 saturated carbocycles. The van der Waals surface area contributed by atoms with Crippen LogP contribution in [-0.2, 0) is 15.1 Å². The highest BCUT2D eigenvalue weighted by Gasteiger charge is 2.56. The van der Waals surface area contributed by atoms with Gasteiger partial charge in [-0.05, 0) is 12.0 Å². The molecule has 7 heteroatoms. The Balaban J connectivity index is 2.57. The highest BCUT2D eigenvalue weighted by molar-refractivity contribution is 6.15. The molecule has 0 spiro atoms. The molecule has 3 N–H and O–H groups in total. The van der Waals surface area contributed by atoms with Gasteiger partial charge in [0, 0.05) is 0 Å². The van der Waals surface area contributed by atoms with Gasteiger partial charge in [0.15, 0.2) is 11.6 Å². The molecule has 7 nitrogen and oxygen atoms in total. The van der Waals surface area contributed by atoms with E-state index in [1.165, 1.54) is 0 Å². The Morgan fingerprint density at radius 3 is 2.48 bits per heavy atom. The summed E-state index contributed by atoms with van der Waals surface area (Å²) in [6, 6.07) is 7.49. The molecule has 0 aromatic heterocycles. The molecule has 1 fully saturated rings. The van der Waals surface area contributed by atoms with Crippen LogP contribution < -0.4 is 5.32 Å². The number of aliphatic hydroxyl groups excluding tert-OH is 2. The van der Waals surface area contributed by atoms with Crippen LogP contribution in [0.1, 0.15) is 18.9 Å². The van der Waals surface area contributed by atoms with Crippen molar-refractivity contribution in [2.75, 3.05) is 6.61 Å². The maximum absolute atomic E-state index is 12.3. The summed E-state index contributed by atoms with van der Waals surface area (Å²) in [6.07, 6.45) is -1.60. The number of urea groups is 1. The summed E-state index contributed by atoms with van der Waals surface area (Å²) in [5.74, 6) is -1.63. The number of nitrogens with one attached hydrogen (secondary N) is 1. The topological polar surface area (TPSA) is 107 Å². The van der Waals surface area contributed by atoms with E-state index < -0.39 is 36.1 Å². The van der Waals surface area contributed by atoms with Gasteiger partial charge in [0.25, 0.3) is 11.8 Å². The number of hydrogen-bond acceptors (Lipinski definition) is 5. The van der Waals surface area contributed by atoms with Gasteiger partial charge in [0.05, 0.1) is 6.61 Å². The number of hydrogen-bond donors (Lipinski definition) is 3. The number of nitrogens with zero attached hydrogens (tertiary/aromatic N) is 1. The molecule has 21 heavy (non-hydrogen) atoms. The van der Waals surface area contributed by atoms with Crippen molar-refractivity contribution < 1.29 is 24.6 Å². The molecule has 1 aliphatic heterocycles. The SMILES string of the molecule is CCC1(c2ccccc2)C(=O)NC(=O)N1C(=O)C(O)CO. The van der Waals surface area contributed by atoms with E-state index in [-0.39, 0.29) is 6.42 Å².